The fourth-order valence-electron chi connectivity index (χ4n) is 4.32. The molecule has 37 heavy (non-hydrogen) atoms. The van der Waals surface area contributed by atoms with E-state index in [1.807, 2.05) is 18.2 Å². The van der Waals surface area contributed by atoms with Crippen molar-refractivity contribution >= 4 is 5.97 Å². The second-order valence-electron chi connectivity index (χ2n) is 9.70. The zero-order valence-electron chi connectivity index (χ0n) is 22.0. The third-order valence-electron chi connectivity index (χ3n) is 6.74. The summed E-state index contributed by atoms with van der Waals surface area (Å²) in [6, 6.07) is 17.1. The van der Waals surface area contributed by atoms with Gasteiger partial charge >= 0.3 is 5.97 Å². The molecular weight excluding hydrogens is 475 g/mol. The van der Waals surface area contributed by atoms with Crippen LogP contribution in [0, 0.1) is 11.2 Å². The first kappa shape index (κ1) is 28.2. The number of carbonyl (C=O) groups is 1. The Balaban J connectivity index is 1.98. The van der Waals surface area contributed by atoms with Crippen LogP contribution in [0.1, 0.15) is 62.5 Å². The van der Waals surface area contributed by atoms with Gasteiger partial charge in [0.1, 0.15) is 23.9 Å². The molecule has 0 spiro atoms. The van der Waals surface area contributed by atoms with Crippen molar-refractivity contribution in [3.8, 4) is 22.6 Å². The monoisotopic (exact) mass is 510 g/mol. The van der Waals surface area contributed by atoms with E-state index in [-0.39, 0.29) is 30.4 Å². The van der Waals surface area contributed by atoms with E-state index in [9.17, 15) is 14.3 Å². The number of benzene rings is 3. The number of ether oxygens (including phenoxy) is 3. The van der Waals surface area contributed by atoms with E-state index in [0.717, 1.165) is 17.5 Å². The molecule has 0 saturated carbocycles. The molecule has 0 bridgehead atoms. The standard InChI is InChI=1S/C30H35FO6/c1-6-30(2,3)29(36-5)25-14-19(10-12-23(25)24-16-21(35-4)11-13-26(24)31)18-37-22-9-7-8-20(15-22)27(32)17-28(33)34/h7-16,27,29,32H,6,17-18H2,1-5H3,(H,33,34)/t27-,29-/m1/s1. The third-order valence-corrected chi connectivity index (χ3v) is 6.74. The average molecular weight is 511 g/mol. The van der Waals surface area contributed by atoms with E-state index in [1.54, 1.807) is 50.6 Å². The lowest BCUT2D eigenvalue weighted by atomic mass is 9.77. The highest BCUT2D eigenvalue weighted by Crippen LogP contribution is 2.44. The third kappa shape index (κ3) is 6.87. The molecule has 0 radical (unpaired) electrons. The fraction of sp³-hybridized carbons (Fsp3) is 0.367. The highest BCUT2D eigenvalue weighted by Gasteiger charge is 2.32. The number of methoxy groups -OCH3 is 2. The Morgan fingerprint density at radius 3 is 2.41 bits per heavy atom. The quantitative estimate of drug-likeness (QED) is 0.282. The number of aliphatic carboxylic acids is 1. The first-order valence-electron chi connectivity index (χ1n) is 12.2. The summed E-state index contributed by atoms with van der Waals surface area (Å²) in [7, 11) is 3.21. The first-order valence-corrected chi connectivity index (χ1v) is 12.2. The Morgan fingerprint density at radius 2 is 1.76 bits per heavy atom. The Morgan fingerprint density at radius 1 is 1.00 bits per heavy atom. The van der Waals surface area contributed by atoms with Gasteiger partial charge in [-0.25, -0.2) is 4.39 Å². The molecule has 7 heteroatoms. The predicted octanol–water partition coefficient (Wildman–Crippen LogP) is 6.71. The van der Waals surface area contributed by atoms with Crippen LogP contribution in [0.2, 0.25) is 0 Å². The van der Waals surface area contributed by atoms with Gasteiger partial charge in [0.15, 0.2) is 0 Å². The van der Waals surface area contributed by atoms with Gasteiger partial charge in [-0.15, -0.1) is 0 Å². The number of hydrogen-bond acceptors (Lipinski definition) is 5. The molecule has 3 aromatic rings. The van der Waals surface area contributed by atoms with Gasteiger partial charge in [0.2, 0.25) is 0 Å². The minimum absolute atomic E-state index is 0.218. The molecule has 198 valence electrons. The number of hydrogen-bond donors (Lipinski definition) is 2. The molecule has 3 aromatic carbocycles. The molecule has 0 fully saturated rings. The second-order valence-corrected chi connectivity index (χ2v) is 9.70. The van der Waals surface area contributed by atoms with E-state index in [0.29, 0.717) is 28.2 Å². The smallest absolute Gasteiger partial charge is 0.306 e. The maximum absolute atomic E-state index is 15.0. The van der Waals surface area contributed by atoms with E-state index < -0.39 is 12.1 Å². The van der Waals surface area contributed by atoms with Crippen LogP contribution < -0.4 is 9.47 Å². The SMILES string of the molecule is CCC(C)(C)[C@H](OC)c1cc(COc2cccc([C@H](O)CC(=O)O)c2)ccc1-c1cc(OC)ccc1F. The minimum atomic E-state index is -1.12. The molecule has 0 heterocycles. The largest absolute Gasteiger partial charge is 0.497 e. The maximum Gasteiger partial charge on any atom is 0.306 e. The van der Waals surface area contributed by atoms with Crippen molar-refractivity contribution in [2.45, 2.75) is 52.4 Å². The number of aliphatic hydroxyl groups is 1. The van der Waals surface area contributed by atoms with Crippen molar-refractivity contribution in [1.82, 2.24) is 0 Å². The summed E-state index contributed by atoms with van der Waals surface area (Å²) in [5.74, 6) is -0.374. The van der Waals surface area contributed by atoms with Gasteiger partial charge in [-0.3, -0.25) is 4.79 Å². The average Bonchev–Trinajstić information content (AvgIpc) is 2.88. The van der Waals surface area contributed by atoms with E-state index >= 15 is 0 Å². The number of rotatable bonds is 12. The van der Waals surface area contributed by atoms with Crippen LogP contribution >= 0.6 is 0 Å². The zero-order chi connectivity index (χ0) is 27.2. The van der Waals surface area contributed by atoms with Crippen molar-refractivity contribution in [1.29, 1.82) is 0 Å². The van der Waals surface area contributed by atoms with Crippen molar-refractivity contribution in [2.24, 2.45) is 5.41 Å². The molecule has 3 rings (SSSR count). The van der Waals surface area contributed by atoms with Crippen LogP contribution in [0.3, 0.4) is 0 Å². The summed E-state index contributed by atoms with van der Waals surface area (Å²) in [6.07, 6.45) is -0.977. The van der Waals surface area contributed by atoms with Crippen molar-refractivity contribution < 1.29 is 33.6 Å². The number of aliphatic hydroxyl groups excluding tert-OH is 1. The molecule has 0 unspecified atom stereocenters. The van der Waals surface area contributed by atoms with Gasteiger partial charge in [0.05, 0.1) is 25.7 Å². The molecule has 0 amide bonds. The topological polar surface area (TPSA) is 85.2 Å². The van der Waals surface area contributed by atoms with Crippen LogP contribution in [-0.2, 0) is 16.1 Å². The molecule has 0 aliphatic carbocycles. The molecule has 0 saturated heterocycles. The highest BCUT2D eigenvalue weighted by molar-refractivity contribution is 5.70. The lowest BCUT2D eigenvalue weighted by molar-refractivity contribution is -0.139. The van der Waals surface area contributed by atoms with Gasteiger partial charge in [0, 0.05) is 12.7 Å². The molecule has 6 nitrogen and oxygen atoms in total. The first-order chi connectivity index (χ1) is 17.6. The molecule has 0 aromatic heterocycles. The fourth-order valence-corrected chi connectivity index (χ4v) is 4.32. The summed E-state index contributed by atoms with van der Waals surface area (Å²) >= 11 is 0. The Hall–Kier alpha value is -3.42. The highest BCUT2D eigenvalue weighted by atomic mass is 19.1. The van der Waals surface area contributed by atoms with Crippen LogP contribution in [0.15, 0.2) is 60.7 Å². The zero-order valence-corrected chi connectivity index (χ0v) is 22.0. The van der Waals surface area contributed by atoms with Crippen LogP contribution in [0.4, 0.5) is 4.39 Å². The summed E-state index contributed by atoms with van der Waals surface area (Å²) in [5, 5.41) is 19.1. The summed E-state index contributed by atoms with van der Waals surface area (Å²) in [4.78, 5) is 10.9. The second kappa shape index (κ2) is 12.2. The van der Waals surface area contributed by atoms with Gasteiger partial charge < -0.3 is 24.4 Å². The Labute approximate surface area is 217 Å². The maximum atomic E-state index is 15.0. The van der Waals surface area contributed by atoms with Gasteiger partial charge in [-0.1, -0.05) is 45.0 Å². The summed E-state index contributed by atoms with van der Waals surface area (Å²) in [6.45, 7) is 6.54. The molecule has 2 atom stereocenters. The van der Waals surface area contributed by atoms with Crippen molar-refractivity contribution in [3.63, 3.8) is 0 Å². The van der Waals surface area contributed by atoms with Crippen LogP contribution in [-0.4, -0.2) is 30.4 Å². The van der Waals surface area contributed by atoms with Crippen LogP contribution in [0.5, 0.6) is 11.5 Å². The lowest BCUT2D eigenvalue weighted by Gasteiger charge is -2.34. The van der Waals surface area contributed by atoms with E-state index in [4.69, 9.17) is 19.3 Å². The number of halogens is 1. The number of carboxylic acids is 1. The summed E-state index contributed by atoms with van der Waals surface area (Å²) < 4.78 is 32.3. The van der Waals surface area contributed by atoms with E-state index in [2.05, 4.69) is 20.8 Å². The minimum Gasteiger partial charge on any atom is -0.497 e. The molecular formula is C30H35FO6. The Bertz CT molecular complexity index is 1220. The van der Waals surface area contributed by atoms with Gasteiger partial charge in [-0.05, 0) is 70.5 Å². The molecule has 0 aliphatic heterocycles. The van der Waals surface area contributed by atoms with Crippen molar-refractivity contribution in [2.75, 3.05) is 14.2 Å². The van der Waals surface area contributed by atoms with Gasteiger partial charge in [0.25, 0.3) is 0 Å². The molecule has 2 N–H and O–H groups in total. The van der Waals surface area contributed by atoms with Crippen molar-refractivity contribution in [3.05, 3.63) is 83.2 Å². The number of carboxylic acid groups (broad SMARTS) is 1. The lowest BCUT2D eigenvalue weighted by Crippen LogP contribution is -2.24. The summed E-state index contributed by atoms with van der Waals surface area (Å²) in [5.41, 5.74) is 3.07. The van der Waals surface area contributed by atoms with Gasteiger partial charge in [-0.2, -0.15) is 0 Å². The normalized spacial score (nSPS) is 13.2. The Kier molecular flexibility index (Phi) is 9.29. The molecule has 0 aliphatic rings. The predicted molar refractivity (Wildman–Crippen MR) is 140 cm³/mol. The van der Waals surface area contributed by atoms with E-state index in [1.165, 1.54) is 6.07 Å². The van der Waals surface area contributed by atoms with Crippen LogP contribution in [0.25, 0.3) is 11.1 Å².